The number of carbonyl (C=O) groups excluding carboxylic acids is 1. The van der Waals surface area contributed by atoms with Crippen LogP contribution in [0.1, 0.15) is 46.4 Å². The van der Waals surface area contributed by atoms with Gasteiger partial charge < -0.3 is 5.32 Å². The Bertz CT molecular complexity index is 1190. The van der Waals surface area contributed by atoms with E-state index in [2.05, 4.69) is 5.32 Å². The summed E-state index contributed by atoms with van der Waals surface area (Å²) in [6.07, 6.45) is 0.727. The SMILES string of the molecule is CC[C@@H](NC(=O)c1cccc(S(=O)(=O)N(C)c2cccc(C)c2)c1)c1ccccc1C. The highest BCUT2D eigenvalue weighted by Crippen LogP contribution is 2.24. The molecule has 0 radical (unpaired) electrons. The second-order valence-corrected chi connectivity index (χ2v) is 9.60. The topological polar surface area (TPSA) is 66.5 Å². The van der Waals surface area contributed by atoms with Crippen molar-refractivity contribution in [2.45, 2.75) is 38.1 Å². The molecule has 0 spiro atoms. The molecule has 0 bridgehead atoms. The zero-order chi connectivity index (χ0) is 22.6. The first kappa shape index (κ1) is 22.6. The maximum Gasteiger partial charge on any atom is 0.264 e. The summed E-state index contributed by atoms with van der Waals surface area (Å²) >= 11 is 0. The predicted octanol–water partition coefficient (Wildman–Crippen LogP) is 5.01. The number of hydrogen-bond donors (Lipinski definition) is 1. The molecular formula is C25H28N2O3S. The van der Waals surface area contributed by atoms with Gasteiger partial charge in [0.15, 0.2) is 0 Å². The molecule has 0 fully saturated rings. The number of anilines is 1. The van der Waals surface area contributed by atoms with Crippen LogP contribution in [0.15, 0.2) is 77.7 Å². The smallest absolute Gasteiger partial charge is 0.264 e. The van der Waals surface area contributed by atoms with Crippen LogP contribution in [0.2, 0.25) is 0 Å². The molecule has 0 unspecified atom stereocenters. The summed E-state index contributed by atoms with van der Waals surface area (Å²) in [4.78, 5) is 13.0. The number of amides is 1. The lowest BCUT2D eigenvalue weighted by Crippen LogP contribution is -2.29. The van der Waals surface area contributed by atoms with E-state index in [1.54, 1.807) is 18.2 Å². The Kier molecular flexibility index (Phi) is 6.81. The molecule has 1 atom stereocenters. The van der Waals surface area contributed by atoms with Crippen LogP contribution >= 0.6 is 0 Å². The van der Waals surface area contributed by atoms with Gasteiger partial charge in [0, 0.05) is 12.6 Å². The first-order valence-electron chi connectivity index (χ1n) is 10.3. The van der Waals surface area contributed by atoms with E-state index >= 15 is 0 Å². The summed E-state index contributed by atoms with van der Waals surface area (Å²) in [7, 11) is -2.29. The molecule has 5 nitrogen and oxygen atoms in total. The Morgan fingerprint density at radius 1 is 0.968 bits per heavy atom. The molecule has 31 heavy (non-hydrogen) atoms. The van der Waals surface area contributed by atoms with E-state index in [4.69, 9.17) is 0 Å². The molecule has 3 aromatic carbocycles. The summed E-state index contributed by atoms with van der Waals surface area (Å²) in [6, 6.07) is 21.2. The van der Waals surface area contributed by atoms with Gasteiger partial charge in [-0.1, -0.05) is 49.4 Å². The summed E-state index contributed by atoms with van der Waals surface area (Å²) in [5.74, 6) is -0.301. The van der Waals surface area contributed by atoms with Gasteiger partial charge in [0.1, 0.15) is 0 Å². The van der Waals surface area contributed by atoms with Crippen LogP contribution in [-0.2, 0) is 10.0 Å². The molecule has 162 valence electrons. The average Bonchev–Trinajstić information content (AvgIpc) is 2.77. The van der Waals surface area contributed by atoms with Gasteiger partial charge >= 0.3 is 0 Å². The molecule has 0 aliphatic rings. The van der Waals surface area contributed by atoms with Gasteiger partial charge in [-0.2, -0.15) is 0 Å². The Morgan fingerprint density at radius 2 is 1.68 bits per heavy atom. The van der Waals surface area contributed by atoms with E-state index < -0.39 is 10.0 Å². The van der Waals surface area contributed by atoms with Gasteiger partial charge in [0.25, 0.3) is 15.9 Å². The van der Waals surface area contributed by atoms with Crippen LogP contribution in [0, 0.1) is 13.8 Å². The number of sulfonamides is 1. The average molecular weight is 437 g/mol. The standard InChI is InChI=1S/C25H28N2O3S/c1-5-24(23-15-7-6-11-19(23)3)26-25(28)20-12-9-14-22(17-20)31(29,30)27(4)21-13-8-10-18(2)16-21/h6-17,24H,5H2,1-4H3,(H,26,28)/t24-/m1/s1. The van der Waals surface area contributed by atoms with Crippen molar-refractivity contribution in [2.24, 2.45) is 0 Å². The van der Waals surface area contributed by atoms with Crippen molar-refractivity contribution in [3.05, 3.63) is 95.1 Å². The highest BCUT2D eigenvalue weighted by Gasteiger charge is 2.23. The third-order valence-electron chi connectivity index (χ3n) is 5.40. The molecule has 1 amide bonds. The highest BCUT2D eigenvalue weighted by atomic mass is 32.2. The molecule has 0 saturated heterocycles. The largest absolute Gasteiger partial charge is 0.345 e. The summed E-state index contributed by atoms with van der Waals surface area (Å²) < 4.78 is 27.6. The second-order valence-electron chi connectivity index (χ2n) is 7.63. The maximum absolute atomic E-state index is 13.2. The van der Waals surface area contributed by atoms with E-state index in [9.17, 15) is 13.2 Å². The maximum atomic E-state index is 13.2. The normalized spacial score (nSPS) is 12.3. The molecular weight excluding hydrogens is 408 g/mol. The number of benzene rings is 3. The first-order valence-corrected chi connectivity index (χ1v) is 11.7. The van der Waals surface area contributed by atoms with Crippen LogP contribution in [-0.4, -0.2) is 21.4 Å². The Morgan fingerprint density at radius 3 is 2.35 bits per heavy atom. The fourth-order valence-electron chi connectivity index (χ4n) is 3.54. The molecule has 6 heteroatoms. The van der Waals surface area contributed by atoms with Crippen molar-refractivity contribution >= 4 is 21.6 Å². The van der Waals surface area contributed by atoms with Crippen molar-refractivity contribution in [1.29, 1.82) is 0 Å². The number of aryl methyl sites for hydroxylation is 2. The van der Waals surface area contributed by atoms with E-state index in [0.29, 0.717) is 11.3 Å². The lowest BCUT2D eigenvalue weighted by atomic mass is 9.99. The molecule has 0 saturated carbocycles. The van der Waals surface area contributed by atoms with Gasteiger partial charge in [-0.15, -0.1) is 0 Å². The minimum atomic E-state index is -3.80. The van der Waals surface area contributed by atoms with E-state index in [1.807, 2.05) is 63.2 Å². The van der Waals surface area contributed by atoms with Crippen LogP contribution < -0.4 is 9.62 Å². The van der Waals surface area contributed by atoms with Gasteiger partial charge in [-0.05, 0) is 67.3 Å². The van der Waals surface area contributed by atoms with Crippen molar-refractivity contribution in [3.63, 3.8) is 0 Å². The van der Waals surface area contributed by atoms with E-state index in [1.165, 1.54) is 23.5 Å². The third kappa shape index (κ3) is 4.97. The van der Waals surface area contributed by atoms with Crippen LogP contribution in [0.5, 0.6) is 0 Å². The number of nitrogens with zero attached hydrogens (tertiary/aromatic N) is 1. The predicted molar refractivity (Wildman–Crippen MR) is 125 cm³/mol. The zero-order valence-electron chi connectivity index (χ0n) is 18.3. The lowest BCUT2D eigenvalue weighted by molar-refractivity contribution is 0.0935. The number of nitrogens with one attached hydrogen (secondary N) is 1. The second kappa shape index (κ2) is 9.35. The van der Waals surface area contributed by atoms with Crippen molar-refractivity contribution in [2.75, 3.05) is 11.4 Å². The molecule has 0 heterocycles. The molecule has 3 aromatic rings. The summed E-state index contributed by atoms with van der Waals surface area (Å²) in [5.41, 5.74) is 4.01. The first-order chi connectivity index (χ1) is 14.7. The fraction of sp³-hybridized carbons (Fsp3) is 0.240. The quantitative estimate of drug-likeness (QED) is 0.566. The zero-order valence-corrected chi connectivity index (χ0v) is 19.1. The van der Waals surface area contributed by atoms with E-state index in [0.717, 1.165) is 23.1 Å². The van der Waals surface area contributed by atoms with Crippen molar-refractivity contribution in [3.8, 4) is 0 Å². The number of carbonyl (C=O) groups is 1. The summed E-state index contributed by atoms with van der Waals surface area (Å²) in [6.45, 7) is 5.93. The Hall–Kier alpha value is -3.12. The minimum Gasteiger partial charge on any atom is -0.345 e. The molecule has 0 aliphatic carbocycles. The minimum absolute atomic E-state index is 0.0769. The Balaban J connectivity index is 1.86. The van der Waals surface area contributed by atoms with Gasteiger partial charge in [0.2, 0.25) is 0 Å². The molecule has 0 aromatic heterocycles. The van der Waals surface area contributed by atoms with Crippen molar-refractivity contribution in [1.82, 2.24) is 5.32 Å². The van der Waals surface area contributed by atoms with Gasteiger partial charge in [-0.25, -0.2) is 8.42 Å². The fourth-order valence-corrected chi connectivity index (χ4v) is 4.77. The Labute approximate surface area is 184 Å². The van der Waals surface area contributed by atoms with Gasteiger partial charge in [-0.3, -0.25) is 9.10 Å². The monoisotopic (exact) mass is 436 g/mol. The molecule has 0 aliphatic heterocycles. The number of rotatable bonds is 7. The highest BCUT2D eigenvalue weighted by molar-refractivity contribution is 7.92. The van der Waals surface area contributed by atoms with Crippen LogP contribution in [0.3, 0.4) is 0 Å². The third-order valence-corrected chi connectivity index (χ3v) is 7.18. The summed E-state index contributed by atoms with van der Waals surface area (Å²) in [5, 5.41) is 3.04. The van der Waals surface area contributed by atoms with Crippen LogP contribution in [0.25, 0.3) is 0 Å². The lowest BCUT2D eigenvalue weighted by Gasteiger charge is -2.21. The molecule has 3 rings (SSSR count). The molecule has 1 N–H and O–H groups in total. The van der Waals surface area contributed by atoms with Crippen molar-refractivity contribution < 1.29 is 13.2 Å². The van der Waals surface area contributed by atoms with Gasteiger partial charge in [0.05, 0.1) is 16.6 Å². The van der Waals surface area contributed by atoms with Crippen LogP contribution in [0.4, 0.5) is 5.69 Å². The van der Waals surface area contributed by atoms with E-state index in [-0.39, 0.29) is 16.8 Å². The number of hydrogen-bond acceptors (Lipinski definition) is 3.